The van der Waals surface area contributed by atoms with Gasteiger partial charge in [0.25, 0.3) is 17.7 Å². The summed E-state index contributed by atoms with van der Waals surface area (Å²) in [6, 6.07) is 8.67. The number of nitrogens with zero attached hydrogens (tertiary/aromatic N) is 4. The van der Waals surface area contributed by atoms with Crippen LogP contribution in [0.2, 0.25) is 5.02 Å². The van der Waals surface area contributed by atoms with E-state index in [0.717, 1.165) is 106 Å². The maximum absolute atomic E-state index is 15.6. The molecule has 4 fully saturated rings. The number of fused-ring (bicyclic) bond motifs is 1. The summed E-state index contributed by atoms with van der Waals surface area (Å²) >= 11 is 6.16. The molecule has 0 bridgehead atoms. The Morgan fingerprint density at radius 1 is 1.02 bits per heavy atom. The van der Waals surface area contributed by atoms with E-state index < -0.39 is 35.5 Å². The normalized spacial score (nSPS) is 26.2. The molecule has 62 heavy (non-hydrogen) atoms. The monoisotopic (exact) mass is 862 g/mol. The number of likely N-dealkylation sites (tertiary alicyclic amines) is 1. The van der Waals surface area contributed by atoms with E-state index in [1.165, 1.54) is 6.07 Å². The summed E-state index contributed by atoms with van der Waals surface area (Å²) in [6.07, 6.45) is 15.7. The first-order valence-corrected chi connectivity index (χ1v) is 22.2. The maximum atomic E-state index is 15.6. The smallest absolute Gasteiger partial charge is 0.269 e. The van der Waals surface area contributed by atoms with Crippen molar-refractivity contribution in [2.45, 2.75) is 109 Å². The lowest BCUT2D eigenvalue weighted by atomic mass is 9.74. The second-order valence-corrected chi connectivity index (χ2v) is 18.5. The van der Waals surface area contributed by atoms with E-state index in [2.05, 4.69) is 39.3 Å². The van der Waals surface area contributed by atoms with E-state index in [1.807, 2.05) is 6.92 Å². The summed E-state index contributed by atoms with van der Waals surface area (Å²) in [7, 11) is 0. The first-order chi connectivity index (χ1) is 29.8. The highest BCUT2D eigenvalue weighted by Crippen LogP contribution is 2.49. The highest BCUT2D eigenvalue weighted by atomic mass is 35.5. The van der Waals surface area contributed by atoms with Gasteiger partial charge in [0.1, 0.15) is 29.4 Å². The zero-order chi connectivity index (χ0) is 43.7. The number of imide groups is 2. The van der Waals surface area contributed by atoms with Crippen LogP contribution in [0, 0.1) is 34.4 Å². The van der Waals surface area contributed by atoms with Crippen molar-refractivity contribution in [3.63, 3.8) is 0 Å². The molecular formula is C48H52ClFN6O6. The largest absolute Gasteiger partial charge is 0.490 e. The van der Waals surface area contributed by atoms with Crippen molar-refractivity contribution in [2.24, 2.45) is 22.2 Å². The molecule has 12 nitrogen and oxygen atoms in total. The van der Waals surface area contributed by atoms with Gasteiger partial charge < -0.3 is 15.0 Å². The van der Waals surface area contributed by atoms with Crippen LogP contribution in [0.4, 0.5) is 4.39 Å². The minimum absolute atomic E-state index is 0.0177. The molecule has 5 amide bonds. The molecule has 2 aromatic carbocycles. The lowest BCUT2D eigenvalue weighted by Gasteiger charge is -2.50. The molecule has 0 aromatic heterocycles. The number of allylic oxidation sites excluding steroid dienone is 4. The van der Waals surface area contributed by atoms with Crippen molar-refractivity contribution in [1.82, 2.24) is 20.4 Å². The SMILES string of the molecule is C=C(C=N/C(=C\C)C(=O)NC1CCC(Oc2ccc(C#N)c(Cl)c2)CC1)CC1CCC(CN2CC3(CC=C(c4cc5c(cc4F)C(=O)N(C4CCC(=O)NC4=O)C5=O)C3)C2)CC1. The summed E-state index contributed by atoms with van der Waals surface area (Å²) < 4.78 is 21.6. The zero-order valence-corrected chi connectivity index (χ0v) is 35.8. The van der Waals surface area contributed by atoms with Crippen LogP contribution in [-0.2, 0) is 14.4 Å². The van der Waals surface area contributed by atoms with E-state index in [4.69, 9.17) is 21.6 Å². The molecule has 3 aliphatic carbocycles. The fraction of sp³-hybridized carbons (Fsp3) is 0.479. The van der Waals surface area contributed by atoms with Crippen molar-refractivity contribution >= 4 is 52.9 Å². The third-order valence-corrected chi connectivity index (χ3v) is 14.0. The Hall–Kier alpha value is -5.45. The number of carbonyl (C=O) groups excluding carboxylic acids is 5. The van der Waals surface area contributed by atoms with Gasteiger partial charge in [-0.25, -0.2) is 4.39 Å². The summed E-state index contributed by atoms with van der Waals surface area (Å²) in [5.74, 6) is -1.46. The number of nitriles is 1. The van der Waals surface area contributed by atoms with Crippen LogP contribution < -0.4 is 15.4 Å². The molecule has 324 valence electrons. The summed E-state index contributed by atoms with van der Waals surface area (Å²) in [5, 5.41) is 14.8. The molecule has 2 saturated carbocycles. The van der Waals surface area contributed by atoms with Crippen molar-refractivity contribution in [3.8, 4) is 11.8 Å². The zero-order valence-electron chi connectivity index (χ0n) is 35.0. The molecule has 14 heteroatoms. The Morgan fingerprint density at radius 3 is 2.40 bits per heavy atom. The van der Waals surface area contributed by atoms with Crippen LogP contribution in [0.5, 0.6) is 5.75 Å². The number of benzene rings is 2. The fourth-order valence-electron chi connectivity index (χ4n) is 10.4. The number of ether oxygens (including phenoxy) is 1. The van der Waals surface area contributed by atoms with Crippen LogP contribution >= 0.6 is 11.6 Å². The van der Waals surface area contributed by atoms with Gasteiger partial charge in [-0.1, -0.05) is 30.3 Å². The van der Waals surface area contributed by atoms with E-state index >= 15 is 4.39 Å². The molecule has 2 aromatic rings. The third kappa shape index (κ3) is 9.18. The average Bonchev–Trinajstić information content (AvgIpc) is 3.77. The molecule has 0 radical (unpaired) electrons. The minimum atomic E-state index is -1.09. The van der Waals surface area contributed by atoms with Gasteiger partial charge in [-0.2, -0.15) is 5.26 Å². The Morgan fingerprint density at radius 2 is 1.73 bits per heavy atom. The Kier molecular flexibility index (Phi) is 12.6. The second-order valence-electron chi connectivity index (χ2n) is 18.1. The van der Waals surface area contributed by atoms with Crippen LogP contribution in [0.1, 0.15) is 122 Å². The van der Waals surface area contributed by atoms with Crippen LogP contribution in [-0.4, -0.2) is 83.4 Å². The molecule has 1 atom stereocenters. The standard InChI is InChI=1S/C48H52ClFN6O6/c1-3-41(44(58)53-33-9-12-34(13-10-33)62-35-11-8-32(23-51)39(49)19-35)52-24-28(2)18-29-4-6-30(7-5-29)25-55-26-48(27-55)17-16-31(22-48)36-20-37-38(21-40(36)50)47(61)56(46(37)60)42-14-15-43(57)54-45(42)59/h3,8,11,16,19-21,24,29-30,33-34,42H,2,4-7,9-10,12-15,17-18,22,25-27H2,1H3,(H,53,58)(H,54,57,59)/b41-3-,52-24?. The Bertz CT molecular complexity index is 2330. The van der Waals surface area contributed by atoms with Gasteiger partial charge in [-0.15, -0.1) is 0 Å². The highest BCUT2D eigenvalue weighted by Gasteiger charge is 2.48. The van der Waals surface area contributed by atoms with Gasteiger partial charge in [0.2, 0.25) is 11.8 Å². The molecule has 1 spiro atoms. The lowest BCUT2D eigenvalue weighted by Crippen LogP contribution is -2.56. The number of piperidine rings is 1. The van der Waals surface area contributed by atoms with Gasteiger partial charge in [0, 0.05) is 55.4 Å². The van der Waals surface area contributed by atoms with Gasteiger partial charge in [-0.3, -0.25) is 39.2 Å². The molecule has 3 aliphatic heterocycles. The predicted molar refractivity (Wildman–Crippen MR) is 232 cm³/mol. The number of halogens is 2. The number of aliphatic imine (C=N–C) groups is 1. The number of amides is 5. The van der Waals surface area contributed by atoms with E-state index in [-0.39, 0.29) is 47.4 Å². The summed E-state index contributed by atoms with van der Waals surface area (Å²) in [4.78, 5) is 71.6. The molecule has 2 saturated heterocycles. The topological polar surface area (TPSA) is 161 Å². The molecule has 3 heterocycles. The van der Waals surface area contributed by atoms with Gasteiger partial charge in [0.05, 0.1) is 27.8 Å². The van der Waals surface area contributed by atoms with Crippen molar-refractivity contribution in [2.75, 3.05) is 19.6 Å². The summed E-state index contributed by atoms with van der Waals surface area (Å²) in [6.45, 7) is 8.97. The average molecular weight is 863 g/mol. The van der Waals surface area contributed by atoms with E-state index in [0.29, 0.717) is 45.9 Å². The second kappa shape index (κ2) is 18.1. The van der Waals surface area contributed by atoms with Crippen LogP contribution in [0.25, 0.3) is 5.57 Å². The van der Waals surface area contributed by atoms with Gasteiger partial charge in [0.15, 0.2) is 0 Å². The molecule has 1 unspecified atom stereocenters. The number of nitrogens with one attached hydrogen (secondary N) is 2. The number of hydrogen-bond donors (Lipinski definition) is 2. The highest BCUT2D eigenvalue weighted by molar-refractivity contribution is 6.31. The fourth-order valence-corrected chi connectivity index (χ4v) is 10.6. The molecule has 2 N–H and O–H groups in total. The number of hydrogen-bond acceptors (Lipinski definition) is 9. The van der Waals surface area contributed by atoms with Crippen molar-refractivity contribution in [3.05, 3.63) is 93.4 Å². The third-order valence-electron chi connectivity index (χ3n) is 13.6. The molecule has 8 rings (SSSR count). The quantitative estimate of drug-likeness (QED) is 0.126. The first-order valence-electron chi connectivity index (χ1n) is 21.8. The summed E-state index contributed by atoms with van der Waals surface area (Å²) in [5.41, 5.74) is 2.95. The minimum Gasteiger partial charge on any atom is -0.490 e. The Balaban J connectivity index is 0.737. The Labute approximate surface area is 366 Å². The predicted octanol–water partition coefficient (Wildman–Crippen LogP) is 7.46. The molecular weight excluding hydrogens is 811 g/mol. The number of carbonyl (C=O) groups is 5. The van der Waals surface area contributed by atoms with Crippen molar-refractivity contribution in [1.29, 1.82) is 5.26 Å². The van der Waals surface area contributed by atoms with E-state index in [1.54, 1.807) is 30.5 Å². The molecule has 6 aliphatic rings. The van der Waals surface area contributed by atoms with Crippen LogP contribution in [0.15, 0.2) is 65.3 Å². The first kappa shape index (κ1) is 43.2. The van der Waals surface area contributed by atoms with Crippen LogP contribution in [0.3, 0.4) is 0 Å². The van der Waals surface area contributed by atoms with E-state index in [9.17, 15) is 24.0 Å². The van der Waals surface area contributed by atoms with Crippen molar-refractivity contribution < 1.29 is 33.1 Å². The lowest BCUT2D eigenvalue weighted by molar-refractivity contribution is -0.136. The van der Waals surface area contributed by atoms with Gasteiger partial charge >= 0.3 is 0 Å². The number of rotatable bonds is 12. The maximum Gasteiger partial charge on any atom is 0.269 e. The van der Waals surface area contributed by atoms with Gasteiger partial charge in [-0.05, 0) is 131 Å².